The van der Waals surface area contributed by atoms with E-state index in [4.69, 9.17) is 9.47 Å². The Morgan fingerprint density at radius 1 is 1.29 bits per heavy atom. The predicted molar refractivity (Wildman–Crippen MR) is 69.2 cm³/mol. The Morgan fingerprint density at radius 3 is 2.76 bits per heavy atom. The molecule has 2 atom stereocenters. The van der Waals surface area contributed by atoms with Crippen molar-refractivity contribution in [3.8, 4) is 0 Å². The number of hydrogen-bond donors (Lipinski definition) is 1. The molecular formula is C14H27NO2. The SMILES string of the molecule is CNCCC(C)C1CCOC2(CCOCC2)C1. The molecule has 2 saturated heterocycles. The summed E-state index contributed by atoms with van der Waals surface area (Å²) in [7, 11) is 2.04. The van der Waals surface area contributed by atoms with Crippen LogP contribution in [0.5, 0.6) is 0 Å². The molecule has 3 nitrogen and oxygen atoms in total. The Labute approximate surface area is 105 Å². The molecule has 2 fully saturated rings. The zero-order valence-electron chi connectivity index (χ0n) is 11.3. The average Bonchev–Trinajstić information content (AvgIpc) is 2.37. The molecule has 0 aromatic rings. The van der Waals surface area contributed by atoms with E-state index < -0.39 is 0 Å². The van der Waals surface area contributed by atoms with Gasteiger partial charge in [0.2, 0.25) is 0 Å². The average molecular weight is 241 g/mol. The predicted octanol–water partition coefficient (Wildman–Crippen LogP) is 2.21. The van der Waals surface area contributed by atoms with Crippen molar-refractivity contribution >= 4 is 0 Å². The van der Waals surface area contributed by atoms with Gasteiger partial charge in [0.05, 0.1) is 5.60 Å². The van der Waals surface area contributed by atoms with Crippen molar-refractivity contribution in [2.75, 3.05) is 33.4 Å². The second kappa shape index (κ2) is 6.17. The third-order valence-corrected chi connectivity index (χ3v) is 4.59. The molecule has 2 heterocycles. The lowest BCUT2D eigenvalue weighted by atomic mass is 9.75. The fourth-order valence-electron chi connectivity index (χ4n) is 3.25. The van der Waals surface area contributed by atoms with Gasteiger partial charge in [-0.25, -0.2) is 0 Å². The highest BCUT2D eigenvalue weighted by Crippen LogP contribution is 2.40. The Morgan fingerprint density at radius 2 is 2.06 bits per heavy atom. The molecule has 100 valence electrons. The third kappa shape index (κ3) is 3.43. The van der Waals surface area contributed by atoms with E-state index in [1.165, 1.54) is 19.3 Å². The van der Waals surface area contributed by atoms with Gasteiger partial charge in [-0.05, 0) is 57.5 Å². The van der Waals surface area contributed by atoms with E-state index in [1.54, 1.807) is 0 Å². The molecule has 0 amide bonds. The van der Waals surface area contributed by atoms with Gasteiger partial charge in [-0.15, -0.1) is 0 Å². The summed E-state index contributed by atoms with van der Waals surface area (Å²) in [6.07, 6.45) is 5.98. The van der Waals surface area contributed by atoms with Gasteiger partial charge in [-0.2, -0.15) is 0 Å². The van der Waals surface area contributed by atoms with Gasteiger partial charge in [-0.1, -0.05) is 6.92 Å². The van der Waals surface area contributed by atoms with Crippen LogP contribution in [0.25, 0.3) is 0 Å². The highest BCUT2D eigenvalue weighted by molar-refractivity contribution is 4.90. The normalized spacial score (nSPS) is 30.4. The number of rotatable bonds is 4. The number of ether oxygens (including phenoxy) is 2. The van der Waals surface area contributed by atoms with Gasteiger partial charge in [0.25, 0.3) is 0 Å². The minimum Gasteiger partial charge on any atom is -0.381 e. The maximum atomic E-state index is 6.10. The Balaban J connectivity index is 1.87. The Hall–Kier alpha value is -0.120. The van der Waals surface area contributed by atoms with Crippen LogP contribution in [0.1, 0.15) is 39.0 Å². The van der Waals surface area contributed by atoms with E-state index >= 15 is 0 Å². The smallest absolute Gasteiger partial charge is 0.0729 e. The molecule has 0 aromatic carbocycles. The molecule has 0 aromatic heterocycles. The van der Waals surface area contributed by atoms with Gasteiger partial charge < -0.3 is 14.8 Å². The summed E-state index contributed by atoms with van der Waals surface area (Å²) in [4.78, 5) is 0. The number of nitrogens with one attached hydrogen (secondary N) is 1. The van der Waals surface area contributed by atoms with Crippen LogP contribution >= 0.6 is 0 Å². The maximum Gasteiger partial charge on any atom is 0.0729 e. The van der Waals surface area contributed by atoms with Crippen molar-refractivity contribution in [1.29, 1.82) is 0 Å². The van der Waals surface area contributed by atoms with Gasteiger partial charge in [0.15, 0.2) is 0 Å². The van der Waals surface area contributed by atoms with Crippen LogP contribution < -0.4 is 5.32 Å². The van der Waals surface area contributed by atoms with Crippen molar-refractivity contribution in [3.63, 3.8) is 0 Å². The van der Waals surface area contributed by atoms with Crippen LogP contribution in [-0.4, -0.2) is 39.0 Å². The van der Waals surface area contributed by atoms with Gasteiger partial charge in [0, 0.05) is 19.8 Å². The molecule has 1 N–H and O–H groups in total. The van der Waals surface area contributed by atoms with E-state index in [-0.39, 0.29) is 5.60 Å². The number of hydrogen-bond acceptors (Lipinski definition) is 3. The first-order chi connectivity index (χ1) is 8.26. The molecule has 0 aliphatic carbocycles. The summed E-state index contributed by atoms with van der Waals surface area (Å²) < 4.78 is 11.6. The fraction of sp³-hybridized carbons (Fsp3) is 1.00. The third-order valence-electron chi connectivity index (χ3n) is 4.59. The van der Waals surface area contributed by atoms with Crippen molar-refractivity contribution in [1.82, 2.24) is 5.32 Å². The first-order valence-electron chi connectivity index (χ1n) is 7.12. The van der Waals surface area contributed by atoms with Gasteiger partial charge in [-0.3, -0.25) is 0 Å². The second-order valence-corrected chi connectivity index (χ2v) is 5.77. The summed E-state index contributed by atoms with van der Waals surface area (Å²) in [5.74, 6) is 1.65. The van der Waals surface area contributed by atoms with E-state index in [0.717, 1.165) is 51.0 Å². The molecule has 2 rings (SSSR count). The molecule has 2 unspecified atom stereocenters. The zero-order chi connectivity index (χ0) is 12.1. The van der Waals surface area contributed by atoms with E-state index in [2.05, 4.69) is 12.2 Å². The largest absolute Gasteiger partial charge is 0.381 e. The van der Waals surface area contributed by atoms with Crippen molar-refractivity contribution in [3.05, 3.63) is 0 Å². The molecule has 3 heteroatoms. The summed E-state index contributed by atoms with van der Waals surface area (Å²) in [5, 5.41) is 3.26. The van der Waals surface area contributed by atoms with Crippen LogP contribution in [0.3, 0.4) is 0 Å². The van der Waals surface area contributed by atoms with Crippen molar-refractivity contribution in [2.24, 2.45) is 11.8 Å². The van der Waals surface area contributed by atoms with E-state index in [0.29, 0.717) is 0 Å². The lowest BCUT2D eigenvalue weighted by Gasteiger charge is -2.45. The van der Waals surface area contributed by atoms with Crippen LogP contribution in [-0.2, 0) is 9.47 Å². The molecular weight excluding hydrogens is 214 g/mol. The minimum atomic E-state index is 0.162. The van der Waals surface area contributed by atoms with Gasteiger partial charge >= 0.3 is 0 Å². The van der Waals surface area contributed by atoms with Crippen molar-refractivity contribution in [2.45, 2.75) is 44.6 Å². The Bertz CT molecular complexity index is 221. The Kier molecular flexibility index (Phi) is 4.83. The van der Waals surface area contributed by atoms with Crippen LogP contribution in [0, 0.1) is 11.8 Å². The summed E-state index contributed by atoms with van der Waals surface area (Å²) >= 11 is 0. The van der Waals surface area contributed by atoms with Crippen LogP contribution in [0.4, 0.5) is 0 Å². The first kappa shape index (κ1) is 13.3. The van der Waals surface area contributed by atoms with Crippen molar-refractivity contribution < 1.29 is 9.47 Å². The summed E-state index contributed by atoms with van der Waals surface area (Å²) in [6.45, 7) is 6.26. The topological polar surface area (TPSA) is 30.5 Å². The fourth-order valence-corrected chi connectivity index (χ4v) is 3.25. The lowest BCUT2D eigenvalue weighted by molar-refractivity contribution is -0.152. The molecule has 0 saturated carbocycles. The molecule has 2 aliphatic rings. The molecule has 0 bridgehead atoms. The van der Waals surface area contributed by atoms with Crippen LogP contribution in [0.2, 0.25) is 0 Å². The quantitative estimate of drug-likeness (QED) is 0.818. The highest BCUT2D eigenvalue weighted by atomic mass is 16.5. The zero-order valence-corrected chi connectivity index (χ0v) is 11.3. The molecule has 0 radical (unpaired) electrons. The second-order valence-electron chi connectivity index (χ2n) is 5.77. The summed E-state index contributed by atoms with van der Waals surface area (Å²) in [6, 6.07) is 0. The standard InChI is InChI=1S/C14H27NO2/c1-12(3-7-15-2)13-4-8-17-14(11-13)5-9-16-10-6-14/h12-13,15H,3-11H2,1-2H3. The molecule has 1 spiro atoms. The molecule has 2 aliphatic heterocycles. The molecule has 17 heavy (non-hydrogen) atoms. The lowest BCUT2D eigenvalue weighted by Crippen LogP contribution is -2.45. The van der Waals surface area contributed by atoms with Crippen LogP contribution in [0.15, 0.2) is 0 Å². The monoisotopic (exact) mass is 241 g/mol. The first-order valence-corrected chi connectivity index (χ1v) is 7.12. The highest BCUT2D eigenvalue weighted by Gasteiger charge is 2.40. The maximum absolute atomic E-state index is 6.10. The van der Waals surface area contributed by atoms with E-state index in [9.17, 15) is 0 Å². The minimum absolute atomic E-state index is 0.162. The summed E-state index contributed by atoms with van der Waals surface area (Å²) in [5.41, 5.74) is 0.162. The van der Waals surface area contributed by atoms with E-state index in [1.807, 2.05) is 7.05 Å². The van der Waals surface area contributed by atoms with Gasteiger partial charge in [0.1, 0.15) is 0 Å².